The topological polar surface area (TPSA) is 46.5 Å². The molecule has 0 aliphatic heterocycles. The molecule has 90 valence electrons. The molecule has 1 aliphatic rings. The lowest BCUT2D eigenvalue weighted by atomic mass is 9.89. The second-order valence-corrected chi connectivity index (χ2v) is 3.48. The average molecular weight is 236 g/mol. The fourth-order valence-electron chi connectivity index (χ4n) is 1.18. The molecule has 1 rings (SSSR count). The molecule has 0 radical (unpaired) electrons. The third kappa shape index (κ3) is 2.37. The van der Waals surface area contributed by atoms with E-state index in [2.05, 4.69) is 4.74 Å². The van der Waals surface area contributed by atoms with Crippen LogP contribution in [0.4, 0.5) is 13.2 Å². The molecule has 16 heavy (non-hydrogen) atoms. The molecule has 1 N–H and O–H groups in total. The first-order valence-electron chi connectivity index (χ1n) is 4.54. The van der Waals surface area contributed by atoms with Crippen LogP contribution in [0.3, 0.4) is 0 Å². The molecule has 0 aromatic heterocycles. The number of halogens is 3. The van der Waals surface area contributed by atoms with E-state index in [-0.39, 0.29) is 5.76 Å². The molecule has 0 aromatic carbocycles. The van der Waals surface area contributed by atoms with Crippen LogP contribution in [0.15, 0.2) is 23.7 Å². The Kier molecular flexibility index (Phi) is 3.30. The third-order valence-corrected chi connectivity index (χ3v) is 2.38. The normalized spacial score (nSPS) is 23.6. The first-order chi connectivity index (χ1) is 7.27. The highest BCUT2D eigenvalue weighted by atomic mass is 19.4. The molecule has 1 aliphatic carbocycles. The van der Waals surface area contributed by atoms with Crippen LogP contribution in [0, 0.1) is 11.8 Å². The first kappa shape index (κ1) is 12.6. The lowest BCUT2D eigenvalue weighted by molar-refractivity contribution is -0.166. The highest BCUT2D eigenvalue weighted by molar-refractivity contribution is 6.04. The van der Waals surface area contributed by atoms with Crippen molar-refractivity contribution in [2.75, 3.05) is 7.11 Å². The molecule has 0 heterocycles. The maximum absolute atomic E-state index is 12.2. The van der Waals surface area contributed by atoms with Gasteiger partial charge in [-0.05, 0) is 19.1 Å². The number of alkyl halides is 3. The quantitative estimate of drug-likeness (QED) is 0.765. The Bertz CT molecular complexity index is 355. The second-order valence-electron chi connectivity index (χ2n) is 3.48. The Hall–Kier alpha value is -1.46. The zero-order chi connectivity index (χ0) is 12.5. The maximum atomic E-state index is 12.2. The van der Waals surface area contributed by atoms with Gasteiger partial charge in [-0.25, -0.2) is 0 Å². The summed E-state index contributed by atoms with van der Waals surface area (Å²) in [6.07, 6.45) is -2.27. The van der Waals surface area contributed by atoms with Gasteiger partial charge >= 0.3 is 6.18 Å². The van der Waals surface area contributed by atoms with E-state index in [1.54, 1.807) is 0 Å². The molecule has 0 aromatic rings. The molecule has 0 saturated carbocycles. The van der Waals surface area contributed by atoms with Crippen molar-refractivity contribution in [3.05, 3.63) is 23.7 Å². The molecule has 2 unspecified atom stereocenters. The van der Waals surface area contributed by atoms with Crippen LogP contribution in [-0.2, 0) is 9.53 Å². The predicted molar refractivity (Wildman–Crippen MR) is 49.5 cm³/mol. The summed E-state index contributed by atoms with van der Waals surface area (Å²) in [5.74, 6) is -3.96. The molecular weight excluding hydrogens is 225 g/mol. The SMILES string of the molecule is COC1=CC(/C=C(\O)C(C)C(F)(F)F)C1=O. The van der Waals surface area contributed by atoms with Gasteiger partial charge in [-0.2, -0.15) is 13.2 Å². The minimum absolute atomic E-state index is 0.105. The van der Waals surface area contributed by atoms with Crippen LogP contribution < -0.4 is 0 Å². The summed E-state index contributed by atoms with van der Waals surface area (Å²) in [5.41, 5.74) is 0. The number of Topliss-reactive ketones (excluding diaryl/α,β-unsaturated/α-hetero) is 1. The van der Waals surface area contributed by atoms with Crippen LogP contribution in [0.1, 0.15) is 6.92 Å². The summed E-state index contributed by atoms with van der Waals surface area (Å²) < 4.78 is 41.2. The molecular formula is C10H11F3O3. The largest absolute Gasteiger partial charge is 0.512 e. The van der Waals surface area contributed by atoms with Crippen molar-refractivity contribution < 1.29 is 27.8 Å². The zero-order valence-corrected chi connectivity index (χ0v) is 8.71. The minimum Gasteiger partial charge on any atom is -0.512 e. The molecule has 0 fully saturated rings. The fourth-order valence-corrected chi connectivity index (χ4v) is 1.18. The van der Waals surface area contributed by atoms with Crippen molar-refractivity contribution in [3.63, 3.8) is 0 Å². The Labute approximate surface area is 90.2 Å². The van der Waals surface area contributed by atoms with Crippen molar-refractivity contribution in [3.8, 4) is 0 Å². The van der Waals surface area contributed by atoms with E-state index in [0.29, 0.717) is 0 Å². The van der Waals surface area contributed by atoms with E-state index in [0.717, 1.165) is 13.0 Å². The van der Waals surface area contributed by atoms with Gasteiger partial charge in [-0.3, -0.25) is 4.79 Å². The molecule has 0 bridgehead atoms. The summed E-state index contributed by atoms with van der Waals surface area (Å²) in [7, 11) is 1.29. The smallest absolute Gasteiger partial charge is 0.398 e. The Morgan fingerprint density at radius 2 is 2.19 bits per heavy atom. The molecule has 0 amide bonds. The second kappa shape index (κ2) is 4.19. The van der Waals surface area contributed by atoms with Crippen molar-refractivity contribution in [1.82, 2.24) is 0 Å². The Morgan fingerprint density at radius 1 is 1.62 bits per heavy atom. The van der Waals surface area contributed by atoms with Gasteiger partial charge in [0.1, 0.15) is 11.7 Å². The summed E-state index contributed by atoms with van der Waals surface area (Å²) >= 11 is 0. The first-order valence-corrected chi connectivity index (χ1v) is 4.54. The number of aliphatic hydroxyl groups is 1. The number of aliphatic hydroxyl groups excluding tert-OH is 1. The number of ketones is 1. The highest BCUT2D eigenvalue weighted by Crippen LogP contribution is 2.32. The van der Waals surface area contributed by atoms with E-state index in [4.69, 9.17) is 0 Å². The number of hydrogen-bond acceptors (Lipinski definition) is 3. The summed E-state index contributed by atoms with van der Waals surface area (Å²) in [5, 5.41) is 9.18. The number of allylic oxidation sites excluding steroid dienone is 4. The molecule has 0 saturated heterocycles. The van der Waals surface area contributed by atoms with Gasteiger partial charge < -0.3 is 9.84 Å². The number of methoxy groups -OCH3 is 1. The summed E-state index contributed by atoms with van der Waals surface area (Å²) in [6.45, 7) is 0.829. The maximum Gasteiger partial charge on any atom is 0.398 e. The third-order valence-electron chi connectivity index (χ3n) is 2.38. The van der Waals surface area contributed by atoms with Gasteiger partial charge in [0.15, 0.2) is 5.76 Å². The van der Waals surface area contributed by atoms with Crippen molar-refractivity contribution in [2.45, 2.75) is 13.1 Å². The van der Waals surface area contributed by atoms with Crippen molar-refractivity contribution in [2.24, 2.45) is 11.8 Å². The molecule has 6 heteroatoms. The van der Waals surface area contributed by atoms with E-state index >= 15 is 0 Å². The number of rotatable bonds is 3. The van der Waals surface area contributed by atoms with E-state index in [9.17, 15) is 23.1 Å². The number of carbonyl (C=O) groups is 1. The van der Waals surface area contributed by atoms with Crippen LogP contribution >= 0.6 is 0 Å². The molecule has 2 atom stereocenters. The van der Waals surface area contributed by atoms with Gasteiger partial charge in [0, 0.05) is 0 Å². The van der Waals surface area contributed by atoms with Gasteiger partial charge in [0.05, 0.1) is 13.0 Å². The summed E-state index contributed by atoms with van der Waals surface area (Å²) in [4.78, 5) is 11.2. The lowest BCUT2D eigenvalue weighted by Crippen LogP contribution is -2.27. The monoisotopic (exact) mass is 236 g/mol. The number of carbonyl (C=O) groups excluding carboxylic acids is 1. The van der Waals surface area contributed by atoms with Gasteiger partial charge in [-0.15, -0.1) is 0 Å². The van der Waals surface area contributed by atoms with Gasteiger partial charge in [0.25, 0.3) is 0 Å². The van der Waals surface area contributed by atoms with Crippen LogP contribution in [0.2, 0.25) is 0 Å². The Balaban J connectivity index is 2.74. The average Bonchev–Trinajstić information content (AvgIpc) is 2.20. The van der Waals surface area contributed by atoms with E-state index in [1.807, 2.05) is 0 Å². The number of hydrogen-bond donors (Lipinski definition) is 1. The standard InChI is InChI=1S/C10H11F3O3/c1-5(10(11,12)13)7(14)3-6-4-8(16-2)9(6)15/h3-6,14H,1-2H3/b7-3-. The van der Waals surface area contributed by atoms with Gasteiger partial charge in [0.2, 0.25) is 5.78 Å². The highest BCUT2D eigenvalue weighted by Gasteiger charge is 2.40. The zero-order valence-electron chi connectivity index (χ0n) is 8.71. The molecule has 3 nitrogen and oxygen atoms in total. The van der Waals surface area contributed by atoms with Crippen LogP contribution in [0.5, 0.6) is 0 Å². The Morgan fingerprint density at radius 3 is 2.56 bits per heavy atom. The van der Waals surface area contributed by atoms with Crippen molar-refractivity contribution in [1.29, 1.82) is 0 Å². The van der Waals surface area contributed by atoms with Crippen LogP contribution in [-0.4, -0.2) is 24.2 Å². The number of ether oxygens (including phenoxy) is 1. The van der Waals surface area contributed by atoms with Crippen molar-refractivity contribution >= 4 is 5.78 Å². The van der Waals surface area contributed by atoms with Crippen LogP contribution in [0.25, 0.3) is 0 Å². The molecule has 0 spiro atoms. The predicted octanol–water partition coefficient (Wildman–Crippen LogP) is 2.36. The minimum atomic E-state index is -4.51. The fraction of sp³-hybridized carbons (Fsp3) is 0.500. The summed E-state index contributed by atoms with van der Waals surface area (Å²) in [6, 6.07) is 0. The van der Waals surface area contributed by atoms with E-state index in [1.165, 1.54) is 13.2 Å². The lowest BCUT2D eigenvalue weighted by Gasteiger charge is -2.21. The van der Waals surface area contributed by atoms with E-state index < -0.39 is 29.6 Å². The van der Waals surface area contributed by atoms with Gasteiger partial charge in [-0.1, -0.05) is 0 Å².